The fourth-order valence-corrected chi connectivity index (χ4v) is 0.867. The van der Waals surface area contributed by atoms with E-state index in [-0.39, 0.29) is 12.2 Å². The summed E-state index contributed by atoms with van der Waals surface area (Å²) in [5.74, 6) is 14.8. The highest BCUT2D eigenvalue weighted by molar-refractivity contribution is 5.34. The molecule has 0 aromatic carbocycles. The van der Waals surface area contributed by atoms with Crippen molar-refractivity contribution in [2.75, 3.05) is 13.2 Å². The second kappa shape index (κ2) is 5.75. The highest BCUT2D eigenvalue weighted by Gasteiger charge is 2.18. The van der Waals surface area contributed by atoms with Crippen molar-refractivity contribution in [1.29, 1.82) is 0 Å². The molecule has 0 aromatic heterocycles. The van der Waals surface area contributed by atoms with Gasteiger partial charge in [-0.3, -0.25) is 0 Å². The molecule has 2 nitrogen and oxygen atoms in total. The molecule has 1 aliphatic heterocycles. The zero-order chi connectivity index (χ0) is 10.2. The minimum absolute atomic E-state index is 0.258. The van der Waals surface area contributed by atoms with Crippen LogP contribution in [0.2, 0.25) is 0 Å². The third kappa shape index (κ3) is 3.26. The molecule has 1 rings (SSSR count). The van der Waals surface area contributed by atoms with E-state index in [1.54, 1.807) is 0 Å². The lowest BCUT2D eigenvalue weighted by molar-refractivity contribution is -0.0907. The number of hydrogen-bond donors (Lipinski definition) is 0. The van der Waals surface area contributed by atoms with Gasteiger partial charge in [0.25, 0.3) is 0 Å². The molecule has 0 spiro atoms. The molecule has 1 aliphatic rings. The molecule has 2 unspecified atom stereocenters. The lowest BCUT2D eigenvalue weighted by Gasteiger charge is -2.22. The third-order valence-electron chi connectivity index (χ3n) is 1.51. The third-order valence-corrected chi connectivity index (χ3v) is 1.51. The molecule has 0 radical (unpaired) electrons. The smallest absolute Gasteiger partial charge is 0.142 e. The zero-order valence-corrected chi connectivity index (χ0v) is 7.54. The summed E-state index contributed by atoms with van der Waals surface area (Å²) in [6, 6.07) is 0. The molecule has 1 fully saturated rings. The molecule has 0 amide bonds. The SMILES string of the molecule is C#CC#CC#CC1COC(C#C)CO1. The molecule has 2 heteroatoms. The topological polar surface area (TPSA) is 18.5 Å². The van der Waals surface area contributed by atoms with E-state index in [0.717, 1.165) is 0 Å². The van der Waals surface area contributed by atoms with Gasteiger partial charge >= 0.3 is 0 Å². The fraction of sp³-hybridized carbons (Fsp3) is 0.333. The van der Waals surface area contributed by atoms with Gasteiger partial charge in [0.05, 0.1) is 13.2 Å². The Morgan fingerprint density at radius 2 is 1.64 bits per heavy atom. The lowest BCUT2D eigenvalue weighted by atomic mass is 10.3. The number of hydrogen-bond acceptors (Lipinski definition) is 2. The fourth-order valence-electron chi connectivity index (χ4n) is 0.867. The van der Waals surface area contributed by atoms with E-state index < -0.39 is 0 Å². The lowest BCUT2D eigenvalue weighted by Crippen LogP contribution is -2.33. The molecule has 0 N–H and O–H groups in total. The molecule has 1 saturated heterocycles. The van der Waals surface area contributed by atoms with Gasteiger partial charge in [-0.05, 0) is 23.7 Å². The van der Waals surface area contributed by atoms with Crippen LogP contribution in [0.25, 0.3) is 0 Å². The maximum absolute atomic E-state index is 5.30. The van der Waals surface area contributed by atoms with Crippen LogP contribution in [0.4, 0.5) is 0 Å². The Morgan fingerprint density at radius 1 is 0.929 bits per heavy atom. The van der Waals surface area contributed by atoms with Crippen molar-refractivity contribution in [1.82, 2.24) is 0 Å². The minimum atomic E-state index is -0.259. The predicted octanol–water partition coefficient (Wildman–Crippen LogP) is 0.0436. The highest BCUT2D eigenvalue weighted by Crippen LogP contribution is 2.05. The standard InChI is InChI=1S/C12H8O2/c1-3-5-6-7-8-12-10-13-11(4-2)9-14-12/h1-2,11-12H,9-10H2. The van der Waals surface area contributed by atoms with E-state index >= 15 is 0 Å². The van der Waals surface area contributed by atoms with Gasteiger partial charge in [0.1, 0.15) is 12.2 Å². The van der Waals surface area contributed by atoms with Crippen molar-refractivity contribution < 1.29 is 9.47 Å². The second-order valence-electron chi connectivity index (χ2n) is 2.47. The predicted molar refractivity (Wildman–Crippen MR) is 52.7 cm³/mol. The molecule has 2 atom stereocenters. The summed E-state index contributed by atoms with van der Waals surface area (Å²) < 4.78 is 10.5. The van der Waals surface area contributed by atoms with E-state index in [1.807, 2.05) is 0 Å². The van der Waals surface area contributed by atoms with Crippen LogP contribution >= 0.6 is 0 Å². The zero-order valence-electron chi connectivity index (χ0n) is 7.54. The average molecular weight is 184 g/mol. The van der Waals surface area contributed by atoms with Crippen LogP contribution in [0.3, 0.4) is 0 Å². The van der Waals surface area contributed by atoms with E-state index in [9.17, 15) is 0 Å². The Kier molecular flexibility index (Phi) is 4.20. The Balaban J connectivity index is 2.39. The molecule has 0 aliphatic carbocycles. The van der Waals surface area contributed by atoms with Crippen LogP contribution in [0.5, 0.6) is 0 Å². The van der Waals surface area contributed by atoms with Crippen LogP contribution in [-0.4, -0.2) is 25.4 Å². The summed E-state index contributed by atoms with van der Waals surface area (Å²) >= 11 is 0. The maximum Gasteiger partial charge on any atom is 0.142 e. The van der Waals surface area contributed by atoms with Crippen molar-refractivity contribution in [2.24, 2.45) is 0 Å². The van der Waals surface area contributed by atoms with Crippen LogP contribution in [0, 0.1) is 48.4 Å². The van der Waals surface area contributed by atoms with Gasteiger partial charge in [0, 0.05) is 0 Å². The first-order valence-corrected chi connectivity index (χ1v) is 4.02. The molecule has 0 bridgehead atoms. The van der Waals surface area contributed by atoms with Crippen molar-refractivity contribution in [3.05, 3.63) is 0 Å². The number of terminal acetylenes is 2. The normalized spacial score (nSPS) is 24.1. The summed E-state index contributed by atoms with van der Waals surface area (Å²) in [5.41, 5.74) is 0. The van der Waals surface area contributed by atoms with Crippen LogP contribution < -0.4 is 0 Å². The van der Waals surface area contributed by atoms with Gasteiger partial charge in [-0.2, -0.15) is 0 Å². The summed E-state index contributed by atoms with van der Waals surface area (Å²) in [6.07, 6.45) is 9.55. The first kappa shape index (κ1) is 10.2. The highest BCUT2D eigenvalue weighted by atomic mass is 16.6. The molecule has 0 aromatic rings. The van der Waals surface area contributed by atoms with Crippen molar-refractivity contribution in [3.63, 3.8) is 0 Å². The monoisotopic (exact) mass is 184 g/mol. The minimum Gasteiger partial charge on any atom is -0.359 e. The van der Waals surface area contributed by atoms with Crippen molar-refractivity contribution in [3.8, 4) is 48.4 Å². The summed E-state index contributed by atoms with van der Waals surface area (Å²) in [7, 11) is 0. The quantitative estimate of drug-likeness (QED) is 0.495. The first-order chi connectivity index (χ1) is 6.86. The van der Waals surface area contributed by atoms with Gasteiger partial charge < -0.3 is 9.47 Å². The number of ether oxygens (including phenoxy) is 2. The van der Waals surface area contributed by atoms with Gasteiger partial charge in [-0.1, -0.05) is 11.8 Å². The van der Waals surface area contributed by atoms with E-state index in [4.69, 9.17) is 22.3 Å². The van der Waals surface area contributed by atoms with Crippen molar-refractivity contribution >= 4 is 0 Å². The first-order valence-electron chi connectivity index (χ1n) is 4.02. The summed E-state index contributed by atoms with van der Waals surface area (Å²) in [4.78, 5) is 0. The average Bonchev–Trinajstić information content (AvgIpc) is 2.25. The Hall–Kier alpha value is -1.84. The van der Waals surface area contributed by atoms with Crippen LogP contribution in [-0.2, 0) is 9.47 Å². The van der Waals surface area contributed by atoms with Crippen LogP contribution in [0.15, 0.2) is 0 Å². The summed E-state index contributed by atoms with van der Waals surface area (Å²) in [6.45, 7) is 0.748. The summed E-state index contributed by atoms with van der Waals surface area (Å²) in [5, 5.41) is 0. The second-order valence-corrected chi connectivity index (χ2v) is 2.47. The number of rotatable bonds is 0. The molecular formula is C12H8O2. The van der Waals surface area contributed by atoms with Gasteiger partial charge in [-0.15, -0.1) is 12.8 Å². The Labute approximate surface area is 84.0 Å². The van der Waals surface area contributed by atoms with E-state index in [0.29, 0.717) is 13.2 Å². The molecule has 0 saturated carbocycles. The van der Waals surface area contributed by atoms with Gasteiger partial charge in [0.15, 0.2) is 0 Å². The van der Waals surface area contributed by atoms with Gasteiger partial charge in [-0.25, -0.2) is 0 Å². The van der Waals surface area contributed by atoms with Gasteiger partial charge in [0.2, 0.25) is 0 Å². The maximum atomic E-state index is 5.30. The van der Waals surface area contributed by atoms with Crippen molar-refractivity contribution in [2.45, 2.75) is 12.2 Å². The Bertz CT molecular complexity index is 378. The van der Waals surface area contributed by atoms with Crippen LogP contribution in [0.1, 0.15) is 0 Å². The Morgan fingerprint density at radius 3 is 2.21 bits per heavy atom. The van der Waals surface area contributed by atoms with E-state index in [2.05, 4.69) is 35.5 Å². The molecular weight excluding hydrogens is 176 g/mol. The molecule has 14 heavy (non-hydrogen) atoms. The van der Waals surface area contributed by atoms with E-state index in [1.165, 1.54) is 0 Å². The largest absolute Gasteiger partial charge is 0.359 e. The molecule has 1 heterocycles. The molecule has 68 valence electrons.